The molecule has 0 bridgehead atoms. The van der Waals surface area contributed by atoms with Crippen molar-refractivity contribution in [1.82, 2.24) is 4.90 Å². The van der Waals surface area contributed by atoms with Crippen LogP contribution in [0.15, 0.2) is 66.7 Å². The summed E-state index contributed by atoms with van der Waals surface area (Å²) in [4.78, 5) is 39.9. The van der Waals surface area contributed by atoms with Gasteiger partial charge in [0.25, 0.3) is 11.8 Å². The van der Waals surface area contributed by atoms with Crippen molar-refractivity contribution in [3.63, 3.8) is 0 Å². The second-order valence-corrected chi connectivity index (χ2v) is 8.98. The van der Waals surface area contributed by atoms with Crippen molar-refractivity contribution in [2.75, 3.05) is 19.0 Å². The number of carbonyl (C=O) groups is 3. The van der Waals surface area contributed by atoms with Crippen LogP contribution in [-0.2, 0) is 16.1 Å². The lowest BCUT2D eigenvalue weighted by atomic mass is 10.00. The van der Waals surface area contributed by atoms with Crippen LogP contribution < -0.4 is 10.1 Å². The third kappa shape index (κ3) is 4.96. The lowest BCUT2D eigenvalue weighted by Crippen LogP contribution is -2.45. The summed E-state index contributed by atoms with van der Waals surface area (Å²) >= 11 is 0. The topological polar surface area (TPSA) is 84.9 Å². The van der Waals surface area contributed by atoms with E-state index in [2.05, 4.69) is 5.32 Å². The van der Waals surface area contributed by atoms with Crippen LogP contribution in [0.25, 0.3) is 11.1 Å². The number of nitrogens with one attached hydrogen (secondary N) is 1. The van der Waals surface area contributed by atoms with Gasteiger partial charge in [-0.15, -0.1) is 0 Å². The Bertz CT molecular complexity index is 1280. The molecule has 1 aliphatic rings. The standard InChI is InChI=1S/C29H30N2O5/c1-5-36-25-9-7-6-8-23(25)27(32)30-22-14-12-19(13-15-22)20-10-11-21-17-31(28(33)24(21)16-20)26(18(2)3)29(34)35-4/h6-16,18,26H,5,17H2,1-4H3,(H,30,32)/t26-/m0/s1. The molecule has 0 fully saturated rings. The van der Waals surface area contributed by atoms with E-state index in [1.807, 2.05) is 69.3 Å². The number of para-hydroxylation sites is 1. The predicted octanol–water partition coefficient (Wildman–Crippen LogP) is 5.16. The minimum atomic E-state index is -0.630. The van der Waals surface area contributed by atoms with Crippen LogP contribution in [0.3, 0.4) is 0 Å². The number of hydrogen-bond donors (Lipinski definition) is 1. The Morgan fingerprint density at radius 3 is 2.36 bits per heavy atom. The molecule has 3 aromatic carbocycles. The van der Waals surface area contributed by atoms with Crippen molar-refractivity contribution in [3.05, 3.63) is 83.4 Å². The van der Waals surface area contributed by atoms with Crippen molar-refractivity contribution in [2.24, 2.45) is 5.92 Å². The van der Waals surface area contributed by atoms with Gasteiger partial charge >= 0.3 is 5.97 Å². The Kier molecular flexibility index (Phi) is 7.38. The minimum absolute atomic E-state index is 0.0709. The molecule has 0 aromatic heterocycles. The van der Waals surface area contributed by atoms with E-state index in [1.54, 1.807) is 23.1 Å². The van der Waals surface area contributed by atoms with Crippen molar-refractivity contribution >= 4 is 23.5 Å². The van der Waals surface area contributed by atoms with E-state index < -0.39 is 12.0 Å². The van der Waals surface area contributed by atoms with E-state index in [9.17, 15) is 14.4 Å². The number of ether oxygens (including phenoxy) is 2. The molecule has 1 aliphatic heterocycles. The maximum atomic E-state index is 13.2. The SMILES string of the molecule is CCOc1ccccc1C(=O)Nc1ccc(-c2ccc3c(c2)C(=O)N([C@H](C(=O)OC)C(C)C)C3)cc1. The van der Waals surface area contributed by atoms with E-state index in [-0.39, 0.29) is 17.7 Å². The van der Waals surface area contributed by atoms with E-state index in [1.165, 1.54) is 7.11 Å². The van der Waals surface area contributed by atoms with Gasteiger partial charge in [-0.05, 0) is 59.9 Å². The van der Waals surface area contributed by atoms with Crippen molar-refractivity contribution < 1.29 is 23.9 Å². The highest BCUT2D eigenvalue weighted by molar-refractivity contribution is 6.06. The molecule has 1 N–H and O–H groups in total. The number of amides is 2. The van der Waals surface area contributed by atoms with Gasteiger partial charge in [-0.3, -0.25) is 9.59 Å². The maximum Gasteiger partial charge on any atom is 0.328 e. The van der Waals surface area contributed by atoms with Crippen LogP contribution >= 0.6 is 0 Å². The minimum Gasteiger partial charge on any atom is -0.493 e. The van der Waals surface area contributed by atoms with Gasteiger partial charge in [0.2, 0.25) is 0 Å². The van der Waals surface area contributed by atoms with Crippen molar-refractivity contribution in [3.8, 4) is 16.9 Å². The highest BCUT2D eigenvalue weighted by Crippen LogP contribution is 2.32. The molecule has 7 heteroatoms. The Hall–Kier alpha value is -4.13. The zero-order valence-corrected chi connectivity index (χ0v) is 20.9. The molecular formula is C29H30N2O5. The number of methoxy groups -OCH3 is 1. The molecule has 0 unspecified atom stereocenters. The normalized spacial score (nSPS) is 13.4. The van der Waals surface area contributed by atoms with Crippen molar-refractivity contribution in [2.45, 2.75) is 33.4 Å². The number of anilines is 1. The molecule has 1 heterocycles. The Morgan fingerprint density at radius 1 is 1.00 bits per heavy atom. The summed E-state index contributed by atoms with van der Waals surface area (Å²) in [6, 6.07) is 19.7. The van der Waals surface area contributed by atoms with Crippen LogP contribution in [0.4, 0.5) is 5.69 Å². The van der Waals surface area contributed by atoms with Gasteiger partial charge in [0.15, 0.2) is 0 Å². The summed E-state index contributed by atoms with van der Waals surface area (Å²) in [6.07, 6.45) is 0. The Morgan fingerprint density at radius 2 is 1.69 bits per heavy atom. The number of hydrogen-bond acceptors (Lipinski definition) is 5. The van der Waals surface area contributed by atoms with Crippen LogP contribution in [-0.4, -0.2) is 42.4 Å². The summed E-state index contributed by atoms with van der Waals surface area (Å²) in [6.45, 7) is 6.53. The van der Waals surface area contributed by atoms with Crippen molar-refractivity contribution in [1.29, 1.82) is 0 Å². The third-order valence-corrected chi connectivity index (χ3v) is 6.26. The smallest absolute Gasteiger partial charge is 0.328 e. The summed E-state index contributed by atoms with van der Waals surface area (Å²) < 4.78 is 10.5. The van der Waals surface area contributed by atoms with Gasteiger partial charge < -0.3 is 19.7 Å². The first-order valence-corrected chi connectivity index (χ1v) is 12.0. The fraction of sp³-hybridized carbons (Fsp3) is 0.276. The molecule has 0 aliphatic carbocycles. The van der Waals surface area contributed by atoms with Crippen LogP contribution in [0.5, 0.6) is 5.75 Å². The van der Waals surface area contributed by atoms with E-state index >= 15 is 0 Å². The highest BCUT2D eigenvalue weighted by Gasteiger charge is 2.38. The predicted molar refractivity (Wildman–Crippen MR) is 138 cm³/mol. The summed E-state index contributed by atoms with van der Waals surface area (Å²) in [7, 11) is 1.34. The Balaban J connectivity index is 1.51. The van der Waals surface area contributed by atoms with Gasteiger partial charge in [0, 0.05) is 17.8 Å². The first-order valence-electron chi connectivity index (χ1n) is 12.0. The highest BCUT2D eigenvalue weighted by atomic mass is 16.5. The molecule has 1 atom stereocenters. The lowest BCUT2D eigenvalue weighted by Gasteiger charge is -2.28. The molecule has 0 spiro atoms. The second kappa shape index (κ2) is 10.6. The lowest BCUT2D eigenvalue weighted by molar-refractivity contribution is -0.147. The van der Waals surface area contributed by atoms with Gasteiger partial charge in [0.05, 0.1) is 19.3 Å². The number of nitrogens with zero attached hydrogens (tertiary/aromatic N) is 1. The van der Waals surface area contributed by atoms with Gasteiger partial charge in [0.1, 0.15) is 11.8 Å². The monoisotopic (exact) mass is 486 g/mol. The largest absolute Gasteiger partial charge is 0.493 e. The summed E-state index contributed by atoms with van der Waals surface area (Å²) in [5.41, 5.74) is 4.38. The van der Waals surface area contributed by atoms with E-state index in [0.29, 0.717) is 35.7 Å². The number of esters is 1. The molecule has 4 rings (SSSR count). The number of carbonyl (C=O) groups excluding carboxylic acids is 3. The second-order valence-electron chi connectivity index (χ2n) is 8.98. The molecule has 0 saturated carbocycles. The molecule has 2 amide bonds. The fourth-order valence-electron chi connectivity index (χ4n) is 4.49. The van der Waals surface area contributed by atoms with Gasteiger partial charge in [-0.2, -0.15) is 0 Å². The molecule has 0 saturated heterocycles. The maximum absolute atomic E-state index is 13.2. The van der Waals surface area contributed by atoms with Crippen LogP contribution in [0.1, 0.15) is 47.1 Å². The Labute approximate surface area is 211 Å². The van der Waals surface area contributed by atoms with E-state index in [4.69, 9.17) is 9.47 Å². The first kappa shape index (κ1) is 25.0. The van der Waals surface area contributed by atoms with Gasteiger partial charge in [-0.25, -0.2) is 4.79 Å². The molecular weight excluding hydrogens is 456 g/mol. The molecule has 0 radical (unpaired) electrons. The molecule has 7 nitrogen and oxygen atoms in total. The number of benzene rings is 3. The van der Waals surface area contributed by atoms with Crippen LogP contribution in [0, 0.1) is 5.92 Å². The number of rotatable bonds is 8. The summed E-state index contributed by atoms with van der Waals surface area (Å²) in [5.74, 6) is -0.364. The number of fused-ring (bicyclic) bond motifs is 1. The quantitative estimate of drug-likeness (QED) is 0.445. The average Bonchev–Trinajstić information content (AvgIpc) is 3.20. The fourth-order valence-corrected chi connectivity index (χ4v) is 4.49. The van der Waals surface area contributed by atoms with E-state index in [0.717, 1.165) is 16.7 Å². The third-order valence-electron chi connectivity index (χ3n) is 6.26. The first-order chi connectivity index (χ1) is 17.3. The zero-order chi connectivity index (χ0) is 25.8. The zero-order valence-electron chi connectivity index (χ0n) is 20.9. The van der Waals surface area contributed by atoms with Crippen LogP contribution in [0.2, 0.25) is 0 Å². The molecule has 36 heavy (non-hydrogen) atoms. The average molecular weight is 487 g/mol. The summed E-state index contributed by atoms with van der Waals surface area (Å²) in [5, 5.41) is 2.91. The molecule has 3 aromatic rings. The van der Waals surface area contributed by atoms with Gasteiger partial charge in [-0.1, -0.05) is 50.2 Å². The molecule has 186 valence electrons.